The Kier molecular flexibility index (Phi) is 6.39. The predicted molar refractivity (Wildman–Crippen MR) is 88.7 cm³/mol. The van der Waals surface area contributed by atoms with Crippen molar-refractivity contribution < 1.29 is 4.74 Å². The average molecular weight is 357 g/mol. The zero-order chi connectivity index (χ0) is 15.2. The third-order valence-corrected chi connectivity index (χ3v) is 4.36. The number of aryl methyl sites for hydroxylation is 1. The number of ether oxygens (including phenoxy) is 1. The van der Waals surface area contributed by atoms with Crippen molar-refractivity contribution in [3.63, 3.8) is 0 Å². The van der Waals surface area contributed by atoms with Crippen LogP contribution in [0, 0.1) is 0 Å². The van der Waals surface area contributed by atoms with Crippen LogP contribution >= 0.6 is 15.9 Å². The van der Waals surface area contributed by atoms with Crippen LogP contribution in [0.15, 0.2) is 4.47 Å². The number of nitrogens with one attached hydrogen (secondary N) is 1. The van der Waals surface area contributed by atoms with E-state index in [1.165, 1.54) is 0 Å². The number of rotatable bonds is 6. The summed E-state index contributed by atoms with van der Waals surface area (Å²) in [6, 6.07) is 0. The molecule has 21 heavy (non-hydrogen) atoms. The molecule has 0 bridgehead atoms. The van der Waals surface area contributed by atoms with Gasteiger partial charge in [-0.25, -0.2) is 9.97 Å². The van der Waals surface area contributed by atoms with Crippen molar-refractivity contribution in [1.82, 2.24) is 14.9 Å². The van der Waals surface area contributed by atoms with E-state index in [0.29, 0.717) is 0 Å². The molecule has 0 amide bonds. The molecule has 1 aromatic heterocycles. The van der Waals surface area contributed by atoms with Gasteiger partial charge in [0.05, 0.1) is 16.8 Å². The van der Waals surface area contributed by atoms with Crippen molar-refractivity contribution in [3.8, 4) is 0 Å². The third-order valence-electron chi connectivity index (χ3n) is 3.52. The van der Waals surface area contributed by atoms with Crippen LogP contribution in [0.4, 0.5) is 5.82 Å². The van der Waals surface area contributed by atoms with E-state index < -0.39 is 0 Å². The van der Waals surface area contributed by atoms with Gasteiger partial charge in [0.15, 0.2) is 5.82 Å². The maximum absolute atomic E-state index is 5.86. The smallest absolute Gasteiger partial charge is 0.161 e. The highest BCUT2D eigenvalue weighted by Gasteiger charge is 2.24. The zero-order valence-electron chi connectivity index (χ0n) is 13.2. The summed E-state index contributed by atoms with van der Waals surface area (Å²) in [5.74, 6) is 1.69. The average Bonchev–Trinajstić information content (AvgIpc) is 2.48. The Labute approximate surface area is 135 Å². The fourth-order valence-corrected chi connectivity index (χ4v) is 2.87. The summed E-state index contributed by atoms with van der Waals surface area (Å²) < 4.78 is 6.85. The van der Waals surface area contributed by atoms with Crippen LogP contribution in [-0.2, 0) is 11.2 Å². The minimum absolute atomic E-state index is 0.0327. The number of hydrogen-bond donors (Lipinski definition) is 1. The van der Waals surface area contributed by atoms with E-state index in [4.69, 9.17) is 14.7 Å². The van der Waals surface area contributed by atoms with E-state index in [-0.39, 0.29) is 6.10 Å². The number of halogens is 1. The molecule has 1 aliphatic rings. The van der Waals surface area contributed by atoms with Gasteiger partial charge in [0, 0.05) is 19.6 Å². The monoisotopic (exact) mass is 356 g/mol. The molecule has 0 aliphatic carbocycles. The van der Waals surface area contributed by atoms with Crippen molar-refractivity contribution in [2.45, 2.75) is 39.2 Å². The van der Waals surface area contributed by atoms with Crippen molar-refractivity contribution >= 4 is 21.7 Å². The molecule has 0 radical (unpaired) electrons. The van der Waals surface area contributed by atoms with Crippen LogP contribution in [-0.4, -0.2) is 48.2 Å². The van der Waals surface area contributed by atoms with E-state index in [1.807, 2.05) is 0 Å². The molecule has 1 fully saturated rings. The lowest BCUT2D eigenvalue weighted by molar-refractivity contribution is -0.0255. The van der Waals surface area contributed by atoms with Crippen LogP contribution in [0.3, 0.4) is 0 Å². The molecule has 1 unspecified atom stereocenters. The fraction of sp³-hybridized carbons (Fsp3) is 0.733. The topological polar surface area (TPSA) is 50.3 Å². The Morgan fingerprint density at radius 1 is 1.33 bits per heavy atom. The predicted octanol–water partition coefficient (Wildman–Crippen LogP) is 3.02. The Morgan fingerprint density at radius 3 is 2.81 bits per heavy atom. The molecule has 1 saturated heterocycles. The van der Waals surface area contributed by atoms with Gasteiger partial charge in [-0.05, 0) is 35.8 Å². The van der Waals surface area contributed by atoms with Gasteiger partial charge in [0.2, 0.25) is 0 Å². The first-order valence-electron chi connectivity index (χ1n) is 7.76. The minimum Gasteiger partial charge on any atom is -0.369 e. The third kappa shape index (κ3) is 4.37. The lowest BCUT2D eigenvalue weighted by Gasteiger charge is -2.29. The first-order valence-corrected chi connectivity index (χ1v) is 8.55. The number of morpholine rings is 1. The number of anilines is 1. The molecule has 1 N–H and O–H groups in total. The second kappa shape index (κ2) is 8.06. The Bertz CT molecular complexity index is 469. The lowest BCUT2D eigenvalue weighted by Crippen LogP contribution is -2.36. The molecule has 1 aliphatic heterocycles. The Hall–Kier alpha value is -0.720. The maximum atomic E-state index is 5.86. The van der Waals surface area contributed by atoms with Crippen molar-refractivity contribution in [3.05, 3.63) is 16.0 Å². The van der Waals surface area contributed by atoms with Gasteiger partial charge in [-0.15, -0.1) is 0 Å². The highest BCUT2D eigenvalue weighted by molar-refractivity contribution is 9.10. The Morgan fingerprint density at radius 2 is 2.14 bits per heavy atom. The summed E-state index contributed by atoms with van der Waals surface area (Å²) in [5.41, 5.74) is 1.07. The Balaban J connectivity index is 2.28. The van der Waals surface area contributed by atoms with Gasteiger partial charge in [0.1, 0.15) is 11.9 Å². The zero-order valence-corrected chi connectivity index (χ0v) is 14.7. The van der Waals surface area contributed by atoms with E-state index in [0.717, 1.165) is 67.3 Å². The second-order valence-corrected chi connectivity index (χ2v) is 6.28. The molecule has 118 valence electrons. The van der Waals surface area contributed by atoms with E-state index in [1.54, 1.807) is 0 Å². The number of likely N-dealkylation sites (N-methyl/N-ethyl adjacent to an activating group) is 1. The van der Waals surface area contributed by atoms with E-state index in [2.05, 4.69) is 47.0 Å². The summed E-state index contributed by atoms with van der Waals surface area (Å²) >= 11 is 3.64. The largest absolute Gasteiger partial charge is 0.369 e. The summed E-state index contributed by atoms with van der Waals surface area (Å²) in [6.45, 7) is 7.77. The van der Waals surface area contributed by atoms with Gasteiger partial charge >= 0.3 is 0 Å². The van der Waals surface area contributed by atoms with E-state index >= 15 is 0 Å². The molecule has 1 atom stereocenters. The first kappa shape index (κ1) is 16.6. The van der Waals surface area contributed by atoms with Gasteiger partial charge in [0.25, 0.3) is 0 Å². The van der Waals surface area contributed by atoms with Crippen molar-refractivity contribution in [2.75, 3.05) is 38.6 Å². The number of nitrogens with zero attached hydrogens (tertiary/aromatic N) is 3. The molecule has 0 saturated carbocycles. The first-order chi connectivity index (χ1) is 10.2. The van der Waals surface area contributed by atoms with Gasteiger partial charge < -0.3 is 15.0 Å². The van der Waals surface area contributed by atoms with Crippen molar-refractivity contribution in [1.29, 1.82) is 0 Å². The SMILES string of the molecule is CCCNc1nc(C2CN(C)CCO2)nc(CCC)c1Br. The molecule has 2 heterocycles. The fourth-order valence-electron chi connectivity index (χ4n) is 2.35. The van der Waals surface area contributed by atoms with Gasteiger partial charge in [-0.1, -0.05) is 20.3 Å². The quantitative estimate of drug-likeness (QED) is 0.848. The standard InChI is InChI=1S/C15H25BrN4O/c1-4-6-11-13(16)15(17-7-5-2)19-14(18-11)12-10-20(3)8-9-21-12/h12H,4-10H2,1-3H3,(H,17,18,19). The number of aromatic nitrogens is 2. The molecule has 1 aromatic rings. The molecule has 5 nitrogen and oxygen atoms in total. The minimum atomic E-state index is -0.0327. The van der Waals surface area contributed by atoms with Crippen LogP contribution < -0.4 is 5.32 Å². The highest BCUT2D eigenvalue weighted by Crippen LogP contribution is 2.28. The maximum Gasteiger partial charge on any atom is 0.161 e. The molecule has 2 rings (SSSR count). The summed E-state index contributed by atoms with van der Waals surface area (Å²) in [5, 5.41) is 3.38. The van der Waals surface area contributed by atoms with Crippen LogP contribution in [0.25, 0.3) is 0 Å². The number of hydrogen-bond acceptors (Lipinski definition) is 5. The molecule has 6 heteroatoms. The summed E-state index contributed by atoms with van der Waals surface area (Å²) in [7, 11) is 2.11. The molecule has 0 aromatic carbocycles. The normalized spacial score (nSPS) is 19.7. The van der Waals surface area contributed by atoms with E-state index in [9.17, 15) is 0 Å². The second-order valence-electron chi connectivity index (χ2n) is 5.49. The van der Waals surface area contributed by atoms with Crippen molar-refractivity contribution in [2.24, 2.45) is 0 Å². The van der Waals surface area contributed by atoms with Gasteiger partial charge in [-0.3, -0.25) is 0 Å². The summed E-state index contributed by atoms with van der Waals surface area (Å²) in [4.78, 5) is 11.7. The molecular formula is C15H25BrN4O. The van der Waals surface area contributed by atoms with Crippen LogP contribution in [0.1, 0.15) is 44.3 Å². The van der Waals surface area contributed by atoms with Crippen LogP contribution in [0.5, 0.6) is 0 Å². The van der Waals surface area contributed by atoms with Crippen LogP contribution in [0.2, 0.25) is 0 Å². The molecule has 0 spiro atoms. The van der Waals surface area contributed by atoms with Gasteiger partial charge in [-0.2, -0.15) is 0 Å². The lowest BCUT2D eigenvalue weighted by atomic mass is 10.2. The summed E-state index contributed by atoms with van der Waals surface area (Å²) in [6.07, 6.45) is 3.04. The molecular weight excluding hydrogens is 332 g/mol. The highest BCUT2D eigenvalue weighted by atomic mass is 79.9.